The first kappa shape index (κ1) is 12.8. The van der Waals surface area contributed by atoms with Gasteiger partial charge < -0.3 is 15.0 Å². The lowest BCUT2D eigenvalue weighted by atomic mass is 10.2. The summed E-state index contributed by atoms with van der Waals surface area (Å²) in [4.78, 5) is 25.1. The molecule has 2 aliphatic rings. The van der Waals surface area contributed by atoms with Crippen LogP contribution in [0.3, 0.4) is 0 Å². The van der Waals surface area contributed by atoms with Gasteiger partial charge in [-0.2, -0.15) is 5.10 Å². The van der Waals surface area contributed by atoms with Gasteiger partial charge >= 0.3 is 0 Å². The van der Waals surface area contributed by atoms with E-state index >= 15 is 0 Å². The number of likely N-dealkylation sites (tertiary alicyclic amines) is 1. The van der Waals surface area contributed by atoms with Crippen LogP contribution in [0.1, 0.15) is 19.3 Å². The summed E-state index contributed by atoms with van der Waals surface area (Å²) in [5, 5.41) is 10.3. The summed E-state index contributed by atoms with van der Waals surface area (Å²) in [5.41, 5.74) is 0. The highest BCUT2D eigenvalue weighted by Crippen LogP contribution is 2.18. The lowest BCUT2D eigenvalue weighted by molar-refractivity contribution is -0.133. The van der Waals surface area contributed by atoms with Crippen molar-refractivity contribution in [3.05, 3.63) is 18.3 Å². The highest BCUT2D eigenvalue weighted by molar-refractivity contribution is 5.90. The van der Waals surface area contributed by atoms with Crippen LogP contribution in [0, 0.1) is 0 Å². The van der Waals surface area contributed by atoms with Gasteiger partial charge in [-0.05, 0) is 12.5 Å². The third kappa shape index (κ3) is 2.71. The zero-order valence-corrected chi connectivity index (χ0v) is 11.0. The topological polar surface area (TPSA) is 84.4 Å². The predicted octanol–water partition coefficient (Wildman–Crippen LogP) is -0.265. The molecule has 7 heteroatoms. The van der Waals surface area contributed by atoms with Crippen molar-refractivity contribution in [1.82, 2.24) is 20.4 Å². The van der Waals surface area contributed by atoms with Crippen molar-refractivity contribution in [3.63, 3.8) is 0 Å². The van der Waals surface area contributed by atoms with E-state index < -0.39 is 0 Å². The summed E-state index contributed by atoms with van der Waals surface area (Å²) in [7, 11) is 0. The van der Waals surface area contributed by atoms with Gasteiger partial charge in [-0.25, -0.2) is 0 Å². The molecule has 0 spiro atoms. The van der Waals surface area contributed by atoms with Crippen LogP contribution in [-0.2, 0) is 9.59 Å². The van der Waals surface area contributed by atoms with E-state index in [1.165, 1.54) is 0 Å². The van der Waals surface area contributed by atoms with Crippen molar-refractivity contribution in [2.75, 3.05) is 13.1 Å². The molecule has 2 aliphatic heterocycles. The van der Waals surface area contributed by atoms with Gasteiger partial charge in [0.05, 0.1) is 6.54 Å². The van der Waals surface area contributed by atoms with Gasteiger partial charge in [-0.15, -0.1) is 5.10 Å². The largest absolute Gasteiger partial charge is 0.471 e. The van der Waals surface area contributed by atoms with E-state index in [9.17, 15) is 9.59 Å². The standard InChI is InChI=1S/C13H16N4O3/c18-11-4-3-10(15-11)13(19)17-7-5-9(8-17)20-12-2-1-6-14-16-12/h1-2,6,9-10H,3-5,7-8H2,(H,15,18)/t9-,10-/m1/s1. The summed E-state index contributed by atoms with van der Waals surface area (Å²) < 4.78 is 5.68. The van der Waals surface area contributed by atoms with Crippen LogP contribution in [-0.4, -0.2) is 52.1 Å². The van der Waals surface area contributed by atoms with Crippen LogP contribution in [0.25, 0.3) is 0 Å². The first-order chi connectivity index (χ1) is 9.72. The molecular formula is C13H16N4O3. The molecule has 3 rings (SSSR count). The van der Waals surface area contributed by atoms with E-state index in [2.05, 4.69) is 15.5 Å². The van der Waals surface area contributed by atoms with Gasteiger partial charge in [0.1, 0.15) is 12.1 Å². The fourth-order valence-electron chi connectivity index (χ4n) is 2.57. The lowest BCUT2D eigenvalue weighted by Crippen LogP contribution is -2.44. The normalized spacial score (nSPS) is 25.6. The molecule has 2 amide bonds. The highest BCUT2D eigenvalue weighted by atomic mass is 16.5. The number of carbonyl (C=O) groups excluding carboxylic acids is 2. The Labute approximate surface area is 116 Å². The number of rotatable bonds is 3. The van der Waals surface area contributed by atoms with E-state index in [0.29, 0.717) is 31.8 Å². The number of amides is 2. The second kappa shape index (κ2) is 5.44. The number of hydrogen-bond donors (Lipinski definition) is 1. The van der Waals surface area contributed by atoms with Crippen LogP contribution < -0.4 is 10.1 Å². The Balaban J connectivity index is 1.54. The Morgan fingerprint density at radius 2 is 2.35 bits per heavy atom. The minimum Gasteiger partial charge on any atom is -0.471 e. The maximum Gasteiger partial charge on any atom is 0.245 e. The number of ether oxygens (including phenoxy) is 1. The first-order valence-electron chi connectivity index (χ1n) is 6.75. The number of nitrogens with one attached hydrogen (secondary N) is 1. The lowest BCUT2D eigenvalue weighted by Gasteiger charge is -2.20. The summed E-state index contributed by atoms with van der Waals surface area (Å²) in [5.74, 6) is 0.414. The van der Waals surface area contributed by atoms with Gasteiger partial charge in [0, 0.05) is 31.6 Å². The van der Waals surface area contributed by atoms with Crippen molar-refractivity contribution in [2.45, 2.75) is 31.4 Å². The number of nitrogens with zero attached hydrogens (tertiary/aromatic N) is 3. The number of hydrogen-bond acceptors (Lipinski definition) is 5. The molecule has 0 saturated carbocycles. The van der Waals surface area contributed by atoms with E-state index in [1.807, 2.05) is 0 Å². The van der Waals surface area contributed by atoms with Crippen LogP contribution in [0.4, 0.5) is 0 Å². The summed E-state index contributed by atoms with van der Waals surface area (Å²) in [6.45, 7) is 1.18. The third-order valence-electron chi connectivity index (χ3n) is 3.59. The molecular weight excluding hydrogens is 260 g/mol. The van der Waals surface area contributed by atoms with Crippen molar-refractivity contribution < 1.29 is 14.3 Å². The average molecular weight is 276 g/mol. The predicted molar refractivity (Wildman–Crippen MR) is 68.8 cm³/mol. The van der Waals surface area contributed by atoms with Gasteiger partial charge in [-0.1, -0.05) is 0 Å². The Morgan fingerprint density at radius 1 is 1.45 bits per heavy atom. The molecule has 3 heterocycles. The van der Waals surface area contributed by atoms with Gasteiger partial charge in [0.2, 0.25) is 17.7 Å². The maximum atomic E-state index is 12.2. The molecule has 2 saturated heterocycles. The van der Waals surface area contributed by atoms with Gasteiger partial charge in [-0.3, -0.25) is 9.59 Å². The minimum atomic E-state index is -0.363. The molecule has 0 aliphatic carbocycles. The van der Waals surface area contributed by atoms with Crippen LogP contribution in [0.15, 0.2) is 18.3 Å². The average Bonchev–Trinajstić information content (AvgIpc) is 3.08. The fourth-order valence-corrected chi connectivity index (χ4v) is 2.57. The van der Waals surface area contributed by atoms with Gasteiger partial charge in [0.25, 0.3) is 0 Å². The molecule has 106 valence electrons. The van der Waals surface area contributed by atoms with E-state index in [4.69, 9.17) is 4.74 Å². The second-order valence-electron chi connectivity index (χ2n) is 5.03. The van der Waals surface area contributed by atoms with E-state index in [1.54, 1.807) is 23.2 Å². The zero-order valence-electron chi connectivity index (χ0n) is 11.0. The summed E-state index contributed by atoms with van der Waals surface area (Å²) in [6, 6.07) is 3.14. The zero-order chi connectivity index (χ0) is 13.9. The molecule has 0 radical (unpaired) electrons. The number of carbonyl (C=O) groups is 2. The Morgan fingerprint density at radius 3 is 3.05 bits per heavy atom. The second-order valence-corrected chi connectivity index (χ2v) is 5.03. The molecule has 1 aromatic heterocycles. The molecule has 1 N–H and O–H groups in total. The van der Waals surface area contributed by atoms with Crippen LogP contribution in [0.5, 0.6) is 5.88 Å². The minimum absolute atomic E-state index is 0.0129. The smallest absolute Gasteiger partial charge is 0.245 e. The molecule has 2 fully saturated rings. The van der Waals surface area contributed by atoms with Crippen molar-refractivity contribution in [3.8, 4) is 5.88 Å². The Bertz CT molecular complexity index is 508. The van der Waals surface area contributed by atoms with Crippen molar-refractivity contribution in [1.29, 1.82) is 0 Å². The molecule has 1 aromatic rings. The van der Waals surface area contributed by atoms with Crippen LogP contribution in [0.2, 0.25) is 0 Å². The highest BCUT2D eigenvalue weighted by Gasteiger charge is 2.35. The molecule has 0 unspecified atom stereocenters. The van der Waals surface area contributed by atoms with Crippen LogP contribution >= 0.6 is 0 Å². The quantitative estimate of drug-likeness (QED) is 0.822. The molecule has 0 bridgehead atoms. The van der Waals surface area contributed by atoms with E-state index in [0.717, 1.165) is 6.42 Å². The summed E-state index contributed by atoms with van der Waals surface area (Å²) in [6.07, 6.45) is 3.31. The summed E-state index contributed by atoms with van der Waals surface area (Å²) >= 11 is 0. The van der Waals surface area contributed by atoms with Gasteiger partial charge in [0.15, 0.2) is 0 Å². The monoisotopic (exact) mass is 276 g/mol. The SMILES string of the molecule is O=C1CC[C@H](C(=O)N2CC[C@@H](Oc3cccnn3)C2)N1. The van der Waals surface area contributed by atoms with E-state index in [-0.39, 0.29) is 24.0 Å². The first-order valence-corrected chi connectivity index (χ1v) is 6.75. The molecule has 7 nitrogen and oxygen atoms in total. The maximum absolute atomic E-state index is 12.2. The Hall–Kier alpha value is -2.18. The molecule has 0 aromatic carbocycles. The number of aromatic nitrogens is 2. The van der Waals surface area contributed by atoms with Crippen molar-refractivity contribution in [2.24, 2.45) is 0 Å². The fraction of sp³-hybridized carbons (Fsp3) is 0.538. The third-order valence-corrected chi connectivity index (χ3v) is 3.59. The molecule has 20 heavy (non-hydrogen) atoms. The molecule has 2 atom stereocenters. The van der Waals surface area contributed by atoms with Crippen molar-refractivity contribution >= 4 is 11.8 Å². The Kier molecular flexibility index (Phi) is 3.49.